The Hall–Kier alpha value is -1.91. The number of hydrogen-bond acceptors (Lipinski definition) is 4. The van der Waals surface area contributed by atoms with Crippen LogP contribution in [0, 0.1) is 6.92 Å². The van der Waals surface area contributed by atoms with Gasteiger partial charge in [-0.25, -0.2) is 0 Å². The van der Waals surface area contributed by atoms with Gasteiger partial charge in [0.15, 0.2) is 5.82 Å². The molecule has 2 aromatic rings. The number of tetrazole rings is 1. The Kier molecular flexibility index (Phi) is 2.37. The molecule has 0 unspecified atom stereocenters. The Morgan fingerprint density at radius 3 is 2.87 bits per heavy atom. The second-order valence-electron chi connectivity index (χ2n) is 3.40. The molecule has 1 aromatic heterocycles. The van der Waals surface area contributed by atoms with Crippen LogP contribution >= 0.6 is 0 Å². The van der Waals surface area contributed by atoms with Gasteiger partial charge in [-0.1, -0.05) is 13.0 Å². The molecule has 5 heteroatoms. The predicted molar refractivity (Wildman–Crippen MR) is 57.7 cm³/mol. The van der Waals surface area contributed by atoms with E-state index in [9.17, 15) is 0 Å². The van der Waals surface area contributed by atoms with Crippen LogP contribution in [0.3, 0.4) is 0 Å². The second-order valence-corrected chi connectivity index (χ2v) is 3.40. The summed E-state index contributed by atoms with van der Waals surface area (Å²) < 4.78 is 1.70. The fourth-order valence-corrected chi connectivity index (χ4v) is 1.39. The fraction of sp³-hybridized carbons (Fsp3) is 0.300. The van der Waals surface area contributed by atoms with Gasteiger partial charge >= 0.3 is 0 Å². The number of benzene rings is 1. The number of aromatic nitrogens is 4. The van der Waals surface area contributed by atoms with Crippen molar-refractivity contribution >= 4 is 5.69 Å². The van der Waals surface area contributed by atoms with Crippen LogP contribution in [0.1, 0.15) is 18.3 Å². The molecule has 0 amide bonds. The zero-order valence-corrected chi connectivity index (χ0v) is 8.81. The van der Waals surface area contributed by atoms with Gasteiger partial charge < -0.3 is 5.73 Å². The third-order valence-electron chi connectivity index (χ3n) is 2.36. The number of nitrogens with two attached hydrogens (primary N) is 1. The highest BCUT2D eigenvalue weighted by Crippen LogP contribution is 2.16. The van der Waals surface area contributed by atoms with Crippen molar-refractivity contribution in [1.82, 2.24) is 20.2 Å². The molecule has 1 aromatic carbocycles. The van der Waals surface area contributed by atoms with E-state index in [1.54, 1.807) is 4.68 Å². The summed E-state index contributed by atoms with van der Waals surface area (Å²) in [4.78, 5) is 0. The topological polar surface area (TPSA) is 69.6 Å². The Bertz CT molecular complexity index is 474. The lowest BCUT2D eigenvalue weighted by molar-refractivity contribution is 0.766. The minimum Gasteiger partial charge on any atom is -0.398 e. The number of aryl methyl sites for hydroxylation is 2. The maximum Gasteiger partial charge on any atom is 0.156 e. The number of anilines is 1. The molecule has 0 aliphatic carbocycles. The van der Waals surface area contributed by atoms with E-state index in [1.807, 2.05) is 32.0 Å². The molecule has 0 fully saturated rings. The molecule has 2 N–H and O–H groups in total. The maximum absolute atomic E-state index is 5.84. The lowest BCUT2D eigenvalue weighted by Crippen LogP contribution is -2.03. The quantitative estimate of drug-likeness (QED) is 0.742. The van der Waals surface area contributed by atoms with Gasteiger partial charge in [0.2, 0.25) is 0 Å². The first-order valence-corrected chi connectivity index (χ1v) is 4.86. The van der Waals surface area contributed by atoms with E-state index in [4.69, 9.17) is 5.73 Å². The second kappa shape index (κ2) is 3.68. The molecule has 0 radical (unpaired) electrons. The molecule has 15 heavy (non-hydrogen) atoms. The van der Waals surface area contributed by atoms with Crippen molar-refractivity contribution in [2.75, 3.05) is 5.73 Å². The molecular formula is C10H13N5. The molecule has 0 atom stereocenters. The first-order valence-electron chi connectivity index (χ1n) is 4.86. The zero-order valence-electron chi connectivity index (χ0n) is 8.81. The van der Waals surface area contributed by atoms with Crippen molar-refractivity contribution in [2.45, 2.75) is 20.3 Å². The van der Waals surface area contributed by atoms with Crippen molar-refractivity contribution in [3.8, 4) is 5.69 Å². The Labute approximate surface area is 87.9 Å². The van der Waals surface area contributed by atoms with Crippen LogP contribution in [0.25, 0.3) is 5.69 Å². The molecule has 0 aliphatic rings. The monoisotopic (exact) mass is 203 g/mol. The van der Waals surface area contributed by atoms with E-state index in [2.05, 4.69) is 15.5 Å². The van der Waals surface area contributed by atoms with Crippen LogP contribution in [-0.2, 0) is 6.42 Å². The van der Waals surface area contributed by atoms with Gasteiger partial charge in [0.05, 0.1) is 5.69 Å². The number of hydrogen-bond donors (Lipinski definition) is 1. The van der Waals surface area contributed by atoms with E-state index < -0.39 is 0 Å². The standard InChI is InChI=1S/C10H13N5/c1-3-10-12-13-14-15(10)8-5-4-7(2)9(11)6-8/h4-6H,3,11H2,1-2H3. The van der Waals surface area contributed by atoms with Crippen molar-refractivity contribution < 1.29 is 0 Å². The van der Waals surface area contributed by atoms with Crippen LogP contribution in [0.4, 0.5) is 5.69 Å². The normalized spacial score (nSPS) is 10.5. The summed E-state index contributed by atoms with van der Waals surface area (Å²) in [5.74, 6) is 0.832. The summed E-state index contributed by atoms with van der Waals surface area (Å²) in [6, 6.07) is 5.80. The lowest BCUT2D eigenvalue weighted by Gasteiger charge is -2.05. The van der Waals surface area contributed by atoms with Crippen molar-refractivity contribution in [2.24, 2.45) is 0 Å². The first-order chi connectivity index (χ1) is 7.22. The van der Waals surface area contributed by atoms with E-state index in [-0.39, 0.29) is 0 Å². The number of nitrogen functional groups attached to an aromatic ring is 1. The molecular weight excluding hydrogens is 190 g/mol. The highest BCUT2D eigenvalue weighted by molar-refractivity contribution is 5.53. The van der Waals surface area contributed by atoms with Gasteiger partial charge in [-0.3, -0.25) is 0 Å². The minimum absolute atomic E-state index is 0.755. The van der Waals surface area contributed by atoms with Crippen LogP contribution in [0.2, 0.25) is 0 Å². The SMILES string of the molecule is CCc1nnnn1-c1ccc(C)c(N)c1. The summed E-state index contributed by atoms with van der Waals surface area (Å²) in [7, 11) is 0. The maximum atomic E-state index is 5.84. The molecule has 0 spiro atoms. The third-order valence-corrected chi connectivity index (χ3v) is 2.36. The summed E-state index contributed by atoms with van der Waals surface area (Å²) in [5.41, 5.74) is 8.55. The van der Waals surface area contributed by atoms with E-state index in [0.29, 0.717) is 0 Å². The van der Waals surface area contributed by atoms with Gasteiger partial charge in [0, 0.05) is 12.1 Å². The van der Waals surface area contributed by atoms with Gasteiger partial charge in [-0.15, -0.1) is 5.10 Å². The summed E-state index contributed by atoms with van der Waals surface area (Å²) in [5, 5.41) is 11.5. The molecule has 1 heterocycles. The van der Waals surface area contributed by atoms with Gasteiger partial charge in [0.25, 0.3) is 0 Å². The smallest absolute Gasteiger partial charge is 0.156 e. The molecule has 0 bridgehead atoms. The summed E-state index contributed by atoms with van der Waals surface area (Å²) in [6.07, 6.45) is 0.792. The molecule has 2 rings (SSSR count). The van der Waals surface area contributed by atoms with Crippen LogP contribution < -0.4 is 5.73 Å². The van der Waals surface area contributed by atoms with Gasteiger partial charge in [0.1, 0.15) is 0 Å². The average Bonchev–Trinajstić information content (AvgIpc) is 2.70. The van der Waals surface area contributed by atoms with E-state index in [1.165, 1.54) is 0 Å². The van der Waals surface area contributed by atoms with Crippen molar-refractivity contribution in [3.05, 3.63) is 29.6 Å². The van der Waals surface area contributed by atoms with E-state index in [0.717, 1.165) is 29.2 Å². The molecule has 5 nitrogen and oxygen atoms in total. The fourth-order valence-electron chi connectivity index (χ4n) is 1.39. The molecule has 78 valence electrons. The van der Waals surface area contributed by atoms with Crippen molar-refractivity contribution in [1.29, 1.82) is 0 Å². The van der Waals surface area contributed by atoms with Crippen LogP contribution in [-0.4, -0.2) is 20.2 Å². The Balaban J connectivity index is 2.50. The number of rotatable bonds is 2. The largest absolute Gasteiger partial charge is 0.398 e. The highest BCUT2D eigenvalue weighted by atomic mass is 15.5. The van der Waals surface area contributed by atoms with Gasteiger partial charge in [-0.05, 0) is 35.0 Å². The molecule has 0 saturated heterocycles. The van der Waals surface area contributed by atoms with E-state index >= 15 is 0 Å². The Morgan fingerprint density at radius 2 is 2.20 bits per heavy atom. The first kappa shape index (κ1) is 9.64. The zero-order chi connectivity index (χ0) is 10.8. The minimum atomic E-state index is 0.755. The van der Waals surface area contributed by atoms with Gasteiger partial charge in [-0.2, -0.15) is 4.68 Å². The lowest BCUT2D eigenvalue weighted by atomic mass is 10.2. The Morgan fingerprint density at radius 1 is 1.40 bits per heavy atom. The molecule has 0 aliphatic heterocycles. The summed E-state index contributed by atoms with van der Waals surface area (Å²) >= 11 is 0. The highest BCUT2D eigenvalue weighted by Gasteiger charge is 2.06. The third kappa shape index (κ3) is 1.68. The summed E-state index contributed by atoms with van der Waals surface area (Å²) in [6.45, 7) is 3.99. The predicted octanol–water partition coefficient (Wildman–Crippen LogP) is 1.12. The van der Waals surface area contributed by atoms with Crippen molar-refractivity contribution in [3.63, 3.8) is 0 Å². The van der Waals surface area contributed by atoms with Crippen LogP contribution in [0.5, 0.6) is 0 Å². The number of nitrogens with zero attached hydrogens (tertiary/aromatic N) is 4. The van der Waals surface area contributed by atoms with Crippen LogP contribution in [0.15, 0.2) is 18.2 Å². The molecule has 0 saturated carbocycles. The average molecular weight is 203 g/mol.